The lowest BCUT2D eigenvalue weighted by molar-refractivity contribution is -0.0317. The van der Waals surface area contributed by atoms with E-state index in [-0.39, 0.29) is 12.8 Å². The van der Waals surface area contributed by atoms with Crippen LogP contribution in [0.25, 0.3) is 11.8 Å². The summed E-state index contributed by atoms with van der Waals surface area (Å²) in [6.07, 6.45) is 17.7. The first kappa shape index (κ1) is 29.3. The number of oxime groups is 1. The number of hydrogen-bond acceptors (Lipinski definition) is 6. The number of imidazole rings is 1. The van der Waals surface area contributed by atoms with Crippen molar-refractivity contribution in [2.75, 3.05) is 20.3 Å². The molecule has 1 aromatic heterocycles. The van der Waals surface area contributed by atoms with Crippen molar-refractivity contribution in [3.63, 3.8) is 0 Å². The Morgan fingerprint density at radius 2 is 1.94 bits per heavy atom. The molecule has 2 aliphatic rings. The van der Waals surface area contributed by atoms with Crippen molar-refractivity contribution >= 4 is 11.9 Å². The highest BCUT2D eigenvalue weighted by Crippen LogP contribution is 2.32. The maximum absolute atomic E-state index is 9.49. The molecule has 1 aromatic carbocycles. The average Bonchev–Trinajstić information content (AvgIpc) is 3.52. The summed E-state index contributed by atoms with van der Waals surface area (Å²) < 4.78 is 7.56. The number of hydrogen-bond donors (Lipinski definition) is 1. The minimum absolute atomic E-state index is 0.0696. The van der Waals surface area contributed by atoms with Crippen LogP contribution in [0.2, 0.25) is 0 Å². The van der Waals surface area contributed by atoms with Crippen LogP contribution in [0.3, 0.4) is 0 Å². The molecule has 0 saturated carbocycles. The zero-order valence-electron chi connectivity index (χ0n) is 21.5. The zero-order valence-corrected chi connectivity index (χ0v) is 21.5. The number of terminal acetylenes is 1. The van der Waals surface area contributed by atoms with Crippen LogP contribution in [0, 0.1) is 25.7 Å². The SMILES string of the molecule is C#C.C=CC=C.CC.COc1cc(/C=C2\CC(C)CN3C2=NO[C@H]3CO)ccc1-n1cnc(C)c1. The Labute approximate surface area is 210 Å². The topological polar surface area (TPSA) is 72.1 Å². The summed E-state index contributed by atoms with van der Waals surface area (Å²) >= 11 is 0. The summed E-state index contributed by atoms with van der Waals surface area (Å²) in [5.74, 6) is 2.06. The molecular formula is C28H38N4O3. The summed E-state index contributed by atoms with van der Waals surface area (Å²) in [5, 5.41) is 13.7. The van der Waals surface area contributed by atoms with Gasteiger partial charge in [-0.15, -0.1) is 12.8 Å². The molecule has 0 spiro atoms. The molecule has 2 atom stereocenters. The summed E-state index contributed by atoms with van der Waals surface area (Å²) in [6.45, 7) is 15.6. The van der Waals surface area contributed by atoms with Crippen LogP contribution in [-0.4, -0.2) is 51.9 Å². The molecule has 0 radical (unpaired) electrons. The van der Waals surface area contributed by atoms with Gasteiger partial charge in [0.25, 0.3) is 0 Å². The van der Waals surface area contributed by atoms with E-state index in [9.17, 15) is 5.11 Å². The van der Waals surface area contributed by atoms with Crippen LogP contribution in [0.15, 0.2) is 66.8 Å². The molecule has 7 nitrogen and oxygen atoms in total. The van der Waals surface area contributed by atoms with Gasteiger partial charge in [-0.3, -0.25) is 0 Å². The average molecular weight is 479 g/mol. The molecule has 188 valence electrons. The predicted molar refractivity (Wildman–Crippen MR) is 144 cm³/mol. The Morgan fingerprint density at radius 3 is 2.49 bits per heavy atom. The number of amidine groups is 1. The maximum Gasteiger partial charge on any atom is 0.224 e. The quantitative estimate of drug-likeness (QED) is 0.472. The largest absolute Gasteiger partial charge is 0.495 e. The third-order valence-electron chi connectivity index (χ3n) is 5.10. The van der Waals surface area contributed by atoms with Crippen LogP contribution >= 0.6 is 0 Å². The number of aryl methyl sites for hydroxylation is 1. The van der Waals surface area contributed by atoms with Gasteiger partial charge in [0.1, 0.15) is 12.4 Å². The monoisotopic (exact) mass is 478 g/mol. The van der Waals surface area contributed by atoms with Gasteiger partial charge in [-0.1, -0.05) is 57.3 Å². The number of methoxy groups -OCH3 is 1. The van der Waals surface area contributed by atoms with E-state index in [1.165, 1.54) is 0 Å². The van der Waals surface area contributed by atoms with Crippen LogP contribution in [0.5, 0.6) is 5.75 Å². The number of aromatic nitrogens is 2. The maximum atomic E-state index is 9.49. The van der Waals surface area contributed by atoms with Crippen molar-refractivity contribution in [1.82, 2.24) is 14.5 Å². The van der Waals surface area contributed by atoms with Crippen LogP contribution < -0.4 is 4.74 Å². The Kier molecular flexibility index (Phi) is 12.7. The molecule has 1 fully saturated rings. The minimum atomic E-state index is -0.382. The highest BCUT2D eigenvalue weighted by Gasteiger charge is 2.36. The van der Waals surface area contributed by atoms with Crippen molar-refractivity contribution in [2.24, 2.45) is 11.1 Å². The summed E-state index contributed by atoms with van der Waals surface area (Å²) in [5.41, 5.74) is 4.04. The van der Waals surface area contributed by atoms with E-state index in [1.807, 2.05) is 48.6 Å². The van der Waals surface area contributed by atoms with E-state index < -0.39 is 0 Å². The van der Waals surface area contributed by atoms with Gasteiger partial charge in [0.05, 0.1) is 24.8 Å². The summed E-state index contributed by atoms with van der Waals surface area (Å²) in [7, 11) is 1.67. The number of rotatable bonds is 5. The van der Waals surface area contributed by atoms with Gasteiger partial charge < -0.3 is 24.1 Å². The third-order valence-corrected chi connectivity index (χ3v) is 5.10. The third kappa shape index (κ3) is 7.62. The Hall–Kier alpha value is -3.76. The highest BCUT2D eigenvalue weighted by atomic mass is 16.7. The molecule has 7 heteroatoms. The van der Waals surface area contributed by atoms with Crippen molar-refractivity contribution in [2.45, 2.75) is 40.3 Å². The lowest BCUT2D eigenvalue weighted by Gasteiger charge is -2.33. The molecule has 1 unspecified atom stereocenters. The molecule has 0 amide bonds. The number of aliphatic hydroxyl groups is 1. The number of aliphatic hydroxyl groups excluding tert-OH is 1. The second-order valence-corrected chi connectivity index (χ2v) is 7.61. The van der Waals surface area contributed by atoms with Crippen LogP contribution in [0.1, 0.15) is 38.4 Å². The normalized spacial score (nSPS) is 18.7. The molecule has 2 aromatic rings. The van der Waals surface area contributed by atoms with E-state index in [0.29, 0.717) is 5.92 Å². The van der Waals surface area contributed by atoms with E-state index in [4.69, 9.17) is 9.57 Å². The number of ether oxygens (including phenoxy) is 1. The first-order chi connectivity index (χ1) is 17.0. The Morgan fingerprint density at radius 1 is 1.26 bits per heavy atom. The molecular weight excluding hydrogens is 440 g/mol. The lowest BCUT2D eigenvalue weighted by atomic mass is 9.92. The van der Waals surface area contributed by atoms with Crippen molar-refractivity contribution in [3.8, 4) is 24.3 Å². The zero-order chi connectivity index (χ0) is 26.4. The van der Waals surface area contributed by atoms with E-state index in [1.54, 1.807) is 25.6 Å². The smallest absolute Gasteiger partial charge is 0.224 e. The number of fused-ring (bicyclic) bond motifs is 1. The van der Waals surface area contributed by atoms with Gasteiger partial charge in [-0.25, -0.2) is 4.98 Å². The van der Waals surface area contributed by atoms with E-state index in [0.717, 1.165) is 47.1 Å². The first-order valence-corrected chi connectivity index (χ1v) is 11.6. The summed E-state index contributed by atoms with van der Waals surface area (Å²) in [6, 6.07) is 6.10. The number of allylic oxidation sites excluding steroid dienone is 2. The first-order valence-electron chi connectivity index (χ1n) is 11.6. The number of benzene rings is 1. The van der Waals surface area contributed by atoms with Gasteiger partial charge in [0, 0.05) is 12.7 Å². The van der Waals surface area contributed by atoms with Gasteiger partial charge >= 0.3 is 0 Å². The molecule has 0 aliphatic carbocycles. The number of nitrogens with zero attached hydrogens (tertiary/aromatic N) is 4. The van der Waals surface area contributed by atoms with E-state index >= 15 is 0 Å². The standard InChI is InChI=1S/C20H24N4O3.C4H6.C2H6.C2H2/c1-13-6-16(20-22-27-19(11-25)24(20)9-13)7-15-4-5-17(18(8-15)26-3)23-10-14(2)21-12-23;1-3-4-2;2*1-2/h4-5,7-8,10,12-13,19,25H,6,9,11H2,1-3H3;3-4H,1-2H2;1-2H3;1-2H/b16-7+;;;/t13?,19-;;;/m0.../s1. The molecule has 1 saturated heterocycles. The summed E-state index contributed by atoms with van der Waals surface area (Å²) in [4.78, 5) is 11.7. The fraction of sp³-hybridized carbons (Fsp3) is 0.357. The van der Waals surface area contributed by atoms with Crippen LogP contribution in [0.4, 0.5) is 0 Å². The van der Waals surface area contributed by atoms with Gasteiger partial charge in [0.2, 0.25) is 6.23 Å². The fourth-order valence-corrected chi connectivity index (χ4v) is 3.68. The Bertz CT molecular complexity index is 1030. The predicted octanol–water partition coefficient (Wildman–Crippen LogP) is 5.21. The van der Waals surface area contributed by atoms with Crippen LogP contribution in [-0.2, 0) is 4.84 Å². The van der Waals surface area contributed by atoms with Gasteiger partial charge in [0.15, 0.2) is 5.84 Å². The van der Waals surface area contributed by atoms with Crippen molar-refractivity contribution < 1.29 is 14.7 Å². The Balaban J connectivity index is 0.000000684. The molecule has 0 bridgehead atoms. The molecule has 3 heterocycles. The van der Waals surface area contributed by atoms with Crippen molar-refractivity contribution in [3.05, 3.63) is 72.9 Å². The molecule has 2 aliphatic heterocycles. The van der Waals surface area contributed by atoms with Crippen molar-refractivity contribution in [1.29, 1.82) is 0 Å². The molecule has 4 rings (SSSR count). The highest BCUT2D eigenvalue weighted by molar-refractivity contribution is 6.03. The molecule has 35 heavy (non-hydrogen) atoms. The second kappa shape index (κ2) is 15.2. The van der Waals surface area contributed by atoms with E-state index in [2.05, 4.69) is 55.2 Å². The van der Waals surface area contributed by atoms with Gasteiger partial charge in [-0.2, -0.15) is 0 Å². The second-order valence-electron chi connectivity index (χ2n) is 7.61. The number of piperidine rings is 1. The van der Waals surface area contributed by atoms with Gasteiger partial charge in [-0.05, 0) is 48.6 Å². The minimum Gasteiger partial charge on any atom is -0.495 e. The fourth-order valence-electron chi connectivity index (χ4n) is 3.68. The lowest BCUT2D eigenvalue weighted by Crippen LogP contribution is -2.45. The molecule has 1 N–H and O–H groups in total.